The van der Waals surface area contributed by atoms with Crippen molar-refractivity contribution < 1.29 is 9.90 Å². The number of carbonyl (C=O) groups is 1. The highest BCUT2D eigenvalue weighted by atomic mass is 35.5. The van der Waals surface area contributed by atoms with E-state index in [0.717, 1.165) is 5.56 Å². The van der Waals surface area contributed by atoms with Crippen LogP contribution in [-0.2, 0) is 0 Å². The summed E-state index contributed by atoms with van der Waals surface area (Å²) < 4.78 is 0. The Morgan fingerprint density at radius 1 is 1.53 bits per heavy atom. The molecule has 1 aromatic carbocycles. The summed E-state index contributed by atoms with van der Waals surface area (Å²) in [5.74, 6) is -0.201. The zero-order valence-electron chi connectivity index (χ0n) is 8.59. The molecule has 15 heavy (non-hydrogen) atoms. The van der Waals surface area contributed by atoms with E-state index in [1.807, 2.05) is 13.0 Å². The quantitative estimate of drug-likeness (QED) is 0.771. The number of hydrogen-bond acceptors (Lipinski definition) is 2. The molecular weight excluding hydrogens is 214 g/mol. The molecule has 0 radical (unpaired) electrons. The minimum Gasteiger partial charge on any atom is -0.396 e. The van der Waals surface area contributed by atoms with Gasteiger partial charge in [-0.25, -0.2) is 0 Å². The number of halogens is 1. The second-order valence-corrected chi connectivity index (χ2v) is 3.72. The Balaban J connectivity index is 2.65. The van der Waals surface area contributed by atoms with Crippen LogP contribution in [0, 0.1) is 6.92 Å². The van der Waals surface area contributed by atoms with Gasteiger partial charge < -0.3 is 10.4 Å². The smallest absolute Gasteiger partial charge is 0.252 e. The number of aliphatic hydroxyl groups is 1. The zero-order chi connectivity index (χ0) is 11.3. The molecule has 0 aromatic heterocycles. The summed E-state index contributed by atoms with van der Waals surface area (Å²) in [7, 11) is 0. The molecule has 0 bridgehead atoms. The van der Waals surface area contributed by atoms with Crippen molar-refractivity contribution in [2.45, 2.75) is 13.3 Å². The number of amides is 1. The van der Waals surface area contributed by atoms with Crippen LogP contribution in [0.4, 0.5) is 0 Å². The van der Waals surface area contributed by atoms with E-state index in [4.69, 9.17) is 16.7 Å². The van der Waals surface area contributed by atoms with Gasteiger partial charge in [-0.15, -0.1) is 0 Å². The minimum absolute atomic E-state index is 0.0713. The average molecular weight is 228 g/mol. The Bertz CT molecular complexity index is 352. The largest absolute Gasteiger partial charge is 0.396 e. The summed E-state index contributed by atoms with van der Waals surface area (Å²) in [5.41, 5.74) is 1.49. The maximum atomic E-state index is 11.6. The highest BCUT2D eigenvalue weighted by Crippen LogP contribution is 2.17. The van der Waals surface area contributed by atoms with Crippen molar-refractivity contribution in [1.82, 2.24) is 5.32 Å². The lowest BCUT2D eigenvalue weighted by Gasteiger charge is -2.06. The minimum atomic E-state index is -0.201. The number of nitrogens with one attached hydrogen (secondary N) is 1. The van der Waals surface area contributed by atoms with Gasteiger partial charge in [0.1, 0.15) is 0 Å². The number of hydrogen-bond donors (Lipinski definition) is 2. The fourth-order valence-corrected chi connectivity index (χ4v) is 1.50. The van der Waals surface area contributed by atoms with E-state index in [9.17, 15) is 4.79 Å². The second kappa shape index (κ2) is 5.73. The van der Waals surface area contributed by atoms with Gasteiger partial charge in [-0.05, 0) is 31.0 Å². The van der Waals surface area contributed by atoms with E-state index >= 15 is 0 Å². The van der Waals surface area contributed by atoms with Crippen LogP contribution in [0.5, 0.6) is 0 Å². The van der Waals surface area contributed by atoms with Crippen LogP contribution >= 0.6 is 11.6 Å². The summed E-state index contributed by atoms with van der Waals surface area (Å²) in [4.78, 5) is 11.6. The third-order valence-electron chi connectivity index (χ3n) is 1.99. The van der Waals surface area contributed by atoms with Crippen molar-refractivity contribution in [3.8, 4) is 0 Å². The fourth-order valence-electron chi connectivity index (χ4n) is 1.18. The first-order valence-electron chi connectivity index (χ1n) is 4.80. The van der Waals surface area contributed by atoms with E-state index in [2.05, 4.69) is 5.32 Å². The van der Waals surface area contributed by atoms with Crippen molar-refractivity contribution in [3.05, 3.63) is 34.3 Å². The molecule has 0 spiro atoms. The van der Waals surface area contributed by atoms with E-state index in [0.29, 0.717) is 23.6 Å². The number of aliphatic hydroxyl groups excluding tert-OH is 1. The summed E-state index contributed by atoms with van der Waals surface area (Å²) >= 11 is 5.93. The molecule has 1 rings (SSSR count). The Kier molecular flexibility index (Phi) is 4.59. The van der Waals surface area contributed by atoms with Gasteiger partial charge in [-0.2, -0.15) is 0 Å². The molecule has 0 aliphatic rings. The fraction of sp³-hybridized carbons (Fsp3) is 0.364. The molecule has 0 fully saturated rings. The third-order valence-corrected chi connectivity index (χ3v) is 2.30. The molecule has 0 unspecified atom stereocenters. The first kappa shape index (κ1) is 12.0. The third kappa shape index (κ3) is 3.53. The van der Waals surface area contributed by atoms with Crippen molar-refractivity contribution >= 4 is 17.5 Å². The molecule has 0 saturated carbocycles. The molecule has 0 saturated heterocycles. The molecule has 0 aliphatic carbocycles. The Morgan fingerprint density at radius 2 is 2.27 bits per heavy atom. The molecule has 1 aromatic rings. The van der Waals surface area contributed by atoms with Crippen LogP contribution < -0.4 is 5.32 Å². The van der Waals surface area contributed by atoms with Crippen molar-refractivity contribution in [2.24, 2.45) is 0 Å². The van der Waals surface area contributed by atoms with Crippen LogP contribution in [0.15, 0.2) is 18.2 Å². The molecular formula is C11H14ClNO2. The lowest BCUT2D eigenvalue weighted by Crippen LogP contribution is -2.25. The summed E-state index contributed by atoms with van der Waals surface area (Å²) in [6.45, 7) is 2.45. The van der Waals surface area contributed by atoms with E-state index in [1.54, 1.807) is 12.1 Å². The molecule has 0 atom stereocenters. The number of benzene rings is 1. The standard InChI is InChI=1S/C11H14ClNO2/c1-8-3-4-9(10(12)7-8)11(15)13-5-2-6-14/h3-4,7,14H,2,5-6H2,1H3,(H,13,15). The SMILES string of the molecule is Cc1ccc(C(=O)NCCCO)c(Cl)c1. The number of carbonyl (C=O) groups excluding carboxylic acids is 1. The van der Waals surface area contributed by atoms with Crippen LogP contribution in [0.3, 0.4) is 0 Å². The van der Waals surface area contributed by atoms with Gasteiger partial charge in [0.2, 0.25) is 0 Å². The average Bonchev–Trinajstić information content (AvgIpc) is 2.17. The first-order chi connectivity index (χ1) is 7.15. The van der Waals surface area contributed by atoms with Crippen LogP contribution in [0.1, 0.15) is 22.3 Å². The van der Waals surface area contributed by atoms with Gasteiger partial charge in [0.05, 0.1) is 10.6 Å². The molecule has 0 aliphatic heterocycles. The Labute approximate surface area is 94.1 Å². The highest BCUT2D eigenvalue weighted by Gasteiger charge is 2.08. The van der Waals surface area contributed by atoms with Crippen molar-refractivity contribution in [2.75, 3.05) is 13.2 Å². The van der Waals surface area contributed by atoms with Crippen molar-refractivity contribution in [3.63, 3.8) is 0 Å². The van der Waals surface area contributed by atoms with Gasteiger partial charge in [0.25, 0.3) is 5.91 Å². The summed E-state index contributed by atoms with van der Waals surface area (Å²) in [6.07, 6.45) is 0.551. The predicted octanol–water partition coefficient (Wildman–Crippen LogP) is 1.76. The predicted molar refractivity (Wildman–Crippen MR) is 60.2 cm³/mol. The van der Waals surface area contributed by atoms with Crippen molar-refractivity contribution in [1.29, 1.82) is 0 Å². The van der Waals surface area contributed by atoms with Gasteiger partial charge in [-0.1, -0.05) is 17.7 Å². The monoisotopic (exact) mass is 227 g/mol. The van der Waals surface area contributed by atoms with E-state index < -0.39 is 0 Å². The van der Waals surface area contributed by atoms with E-state index in [-0.39, 0.29) is 12.5 Å². The van der Waals surface area contributed by atoms with Crippen LogP contribution in [-0.4, -0.2) is 24.2 Å². The van der Waals surface area contributed by atoms with Gasteiger partial charge >= 0.3 is 0 Å². The zero-order valence-corrected chi connectivity index (χ0v) is 9.34. The maximum Gasteiger partial charge on any atom is 0.252 e. The highest BCUT2D eigenvalue weighted by molar-refractivity contribution is 6.33. The van der Waals surface area contributed by atoms with E-state index in [1.165, 1.54) is 0 Å². The number of rotatable bonds is 4. The second-order valence-electron chi connectivity index (χ2n) is 3.32. The van der Waals surface area contributed by atoms with Gasteiger partial charge in [-0.3, -0.25) is 4.79 Å². The summed E-state index contributed by atoms with van der Waals surface area (Å²) in [5, 5.41) is 11.7. The molecule has 0 heterocycles. The lowest BCUT2D eigenvalue weighted by molar-refractivity contribution is 0.0951. The van der Waals surface area contributed by atoms with Crippen LogP contribution in [0.25, 0.3) is 0 Å². The molecule has 1 amide bonds. The Hall–Kier alpha value is -1.06. The summed E-state index contributed by atoms with van der Waals surface area (Å²) in [6, 6.07) is 5.29. The van der Waals surface area contributed by atoms with Gasteiger partial charge in [0, 0.05) is 13.2 Å². The first-order valence-corrected chi connectivity index (χ1v) is 5.18. The molecule has 4 heteroatoms. The molecule has 3 nitrogen and oxygen atoms in total. The van der Waals surface area contributed by atoms with Crippen LogP contribution in [0.2, 0.25) is 5.02 Å². The number of aryl methyl sites for hydroxylation is 1. The topological polar surface area (TPSA) is 49.3 Å². The normalized spacial score (nSPS) is 10.1. The molecule has 2 N–H and O–H groups in total. The maximum absolute atomic E-state index is 11.6. The Morgan fingerprint density at radius 3 is 2.87 bits per heavy atom. The van der Waals surface area contributed by atoms with Gasteiger partial charge in [0.15, 0.2) is 0 Å². The lowest BCUT2D eigenvalue weighted by atomic mass is 10.1. The molecule has 82 valence electrons.